The zero-order valence-electron chi connectivity index (χ0n) is 87.5. The summed E-state index contributed by atoms with van der Waals surface area (Å²) < 4.78 is 130. The van der Waals surface area contributed by atoms with Gasteiger partial charge in [-0.25, -0.2) is 0 Å². The molecule has 0 radical (unpaired) electrons. The van der Waals surface area contributed by atoms with Crippen molar-refractivity contribution in [1.29, 1.82) is 0 Å². The SMILES string of the molecule is C[Si](C)(CCCBr)O[Si](CCC[Si](C)(C)O[Si](O[Si](C)(C)CCC[Si](O[Si](C)(C)CCCBr)(O[Si](C)(C)CCCBr)O[Si](C)(C)CCCBr)(O[Si](C)(C)CCC[Si](O[Si](C)(C)CCCBr)(O[Si](C)(C)CCCBr)O[Si](C)(C)CCCBr)O[Si](C)(C)CCC[Si](O[Si](C)(C)CCCBr)(O[Si](C)(C)CCCBr)O[Si](C)(C)CCCBr)(O[Si](C)(C)CCCBr)O[Si](C)(C)CCCBr. The molecule has 0 atom stereocenters. The topological polar surface area (TPSA) is 148 Å². The third kappa shape index (κ3) is 64.9. The van der Waals surface area contributed by atoms with Crippen molar-refractivity contribution in [2.75, 3.05) is 64.0 Å². The number of alkyl halides is 12. The molecule has 0 aromatic carbocycles. The standard InChI is InChI=1S/C80H192Br12O16Si21/c1-109(2,61-33-49-81)93-125(94-110(3,4)62-34-50-82,95-111(5,6)63-35-51-83)77-45-73-121(25,26)105-129(106-122(27,28)74-46-78-126(96-112(7,8)64-36-52-84,97-113(9,10)65-37-53-85)98-114(11,12)66-38-54-86,107-123(29,30)75-47-79-127(99-115(13,14)67-39-55-87,100-116(15,16)68-40-56-88)101-117(17,18)69-41-57-89)108-124(31,32)76-48-80-128(102-118(19,20)70-42-58-90,103-119(21,22)71-43-59-91)104-120(23,24)72-44-60-92/h33-80H2,1-32H3. The fraction of sp³-hybridized carbons (Fsp3) is 1.00. The highest BCUT2D eigenvalue weighted by Gasteiger charge is 2.62. The first kappa shape index (κ1) is 139. The van der Waals surface area contributed by atoms with E-state index < -0.39 is 177 Å². The van der Waals surface area contributed by atoms with E-state index in [4.69, 9.17) is 65.8 Å². The molecule has 0 heterocycles. The molecule has 0 saturated heterocycles. The molecule has 129 heavy (non-hydrogen) atoms. The molecule has 49 heteroatoms. The quantitative estimate of drug-likeness (QED) is 0.0420. The van der Waals surface area contributed by atoms with E-state index in [2.05, 4.69) is 401 Å². The molecule has 0 rings (SSSR count). The Kier molecular flexibility index (Phi) is 69.3. The second-order valence-corrected chi connectivity index (χ2v) is 141. The van der Waals surface area contributed by atoms with E-state index in [9.17, 15) is 0 Å². The van der Waals surface area contributed by atoms with Gasteiger partial charge in [-0.1, -0.05) is 191 Å². The van der Waals surface area contributed by atoms with Crippen LogP contribution in [-0.4, -0.2) is 241 Å². The van der Waals surface area contributed by atoms with Crippen molar-refractivity contribution in [3.05, 3.63) is 0 Å². The van der Waals surface area contributed by atoms with Crippen molar-refractivity contribution < 1.29 is 65.8 Å². The van der Waals surface area contributed by atoms with E-state index in [0.29, 0.717) is 24.2 Å². The van der Waals surface area contributed by atoms with Crippen LogP contribution in [0, 0.1) is 0 Å². The van der Waals surface area contributed by atoms with Gasteiger partial charge in [-0.3, -0.25) is 0 Å². The van der Waals surface area contributed by atoms with Crippen molar-refractivity contribution >= 4 is 369 Å². The van der Waals surface area contributed by atoms with E-state index in [1.54, 1.807) is 0 Å². The normalized spacial score (nSPS) is 14.8. The van der Waals surface area contributed by atoms with Crippen LogP contribution in [0.5, 0.6) is 0 Å². The monoisotopic (exact) mass is 2940 g/mol. The molecule has 0 fully saturated rings. The van der Waals surface area contributed by atoms with Crippen molar-refractivity contribution in [3.8, 4) is 0 Å². The van der Waals surface area contributed by atoms with Crippen LogP contribution in [0.1, 0.15) is 103 Å². The summed E-state index contributed by atoms with van der Waals surface area (Å²) >= 11 is 46.0. The number of hydrogen-bond donors (Lipinski definition) is 0. The zero-order chi connectivity index (χ0) is 99.8. The molecule has 0 amide bonds. The molecule has 0 aliphatic rings. The van der Waals surface area contributed by atoms with Crippen molar-refractivity contribution in [3.63, 3.8) is 0 Å². The summed E-state index contributed by atoms with van der Waals surface area (Å²) in [7, 11) is -58.8. The Morgan fingerprint density at radius 1 is 0.109 bits per heavy atom. The van der Waals surface area contributed by atoms with E-state index >= 15 is 0 Å². The Morgan fingerprint density at radius 3 is 0.271 bits per heavy atom. The van der Waals surface area contributed by atoms with Gasteiger partial charge < -0.3 is 65.8 Å². The van der Waals surface area contributed by atoms with Crippen LogP contribution in [0.25, 0.3) is 0 Å². The van der Waals surface area contributed by atoms with Gasteiger partial charge in [-0.2, -0.15) is 0 Å². The summed E-state index contributed by atoms with van der Waals surface area (Å²) in [5.41, 5.74) is 0. The fourth-order valence-electron chi connectivity index (χ4n) is 17.0. The smallest absolute Gasteiger partial charge is 0.417 e. The summed E-state index contributed by atoms with van der Waals surface area (Å²) in [5, 5.41) is 11.2. The Hall–Kier alpha value is 9.67. The molecular weight excluding hydrogens is 2770 g/mol. The average molecular weight is 2960 g/mol. The van der Waals surface area contributed by atoms with Crippen molar-refractivity contribution in [1.82, 2.24) is 0 Å². The molecule has 0 saturated carbocycles. The first-order valence-electron chi connectivity index (χ1n) is 48.8. The Morgan fingerprint density at radius 2 is 0.186 bits per heavy atom. The molecule has 0 unspecified atom stereocenters. The number of rotatable bonds is 84. The first-order chi connectivity index (χ1) is 58.9. The molecule has 0 aliphatic heterocycles. The van der Waals surface area contributed by atoms with Gasteiger partial charge in [0.15, 0.2) is 133 Å². The van der Waals surface area contributed by atoms with E-state index in [-0.39, 0.29) is 0 Å². The van der Waals surface area contributed by atoms with E-state index in [1.807, 2.05) is 0 Å². The second kappa shape index (κ2) is 64.5. The van der Waals surface area contributed by atoms with Crippen LogP contribution >= 0.6 is 191 Å². The fourth-order valence-corrected chi connectivity index (χ4v) is 119. The van der Waals surface area contributed by atoms with Gasteiger partial charge in [0.1, 0.15) is 0 Å². The minimum atomic E-state index is -4.41. The maximum Gasteiger partial charge on any atom is 0.636 e. The predicted molar refractivity (Wildman–Crippen MR) is 661 cm³/mol. The highest BCUT2D eigenvalue weighted by Crippen LogP contribution is 2.45. The van der Waals surface area contributed by atoms with E-state index in [0.717, 1.165) is 263 Å². The lowest BCUT2D eigenvalue weighted by molar-refractivity contribution is 0.145. The summed E-state index contributed by atoms with van der Waals surface area (Å²) in [4.78, 5) is 0. The summed E-state index contributed by atoms with van der Waals surface area (Å²) in [6.07, 6.45) is 15.7. The van der Waals surface area contributed by atoms with Gasteiger partial charge in [-0.05, 0) is 409 Å². The van der Waals surface area contributed by atoms with E-state index in [1.165, 1.54) is 0 Å². The Bertz CT molecular complexity index is 2400. The molecular formula is C80H192Br12O16Si21. The molecule has 0 N–H and O–H groups in total. The minimum absolute atomic E-state index is 0.711. The highest BCUT2D eigenvalue weighted by molar-refractivity contribution is 9.10. The molecule has 0 spiro atoms. The van der Waals surface area contributed by atoms with Crippen molar-refractivity contribution in [2.24, 2.45) is 0 Å². The van der Waals surface area contributed by atoms with Gasteiger partial charge in [-0.15, -0.1) is 0 Å². The van der Waals surface area contributed by atoms with Gasteiger partial charge in [0.05, 0.1) is 0 Å². The van der Waals surface area contributed by atoms with Crippen LogP contribution in [0.4, 0.5) is 0 Å². The van der Waals surface area contributed by atoms with Crippen LogP contribution in [0.2, 0.25) is 330 Å². The molecule has 0 bridgehead atoms. The van der Waals surface area contributed by atoms with Gasteiger partial charge >= 0.3 is 44.3 Å². The third-order valence-electron chi connectivity index (χ3n) is 22.8. The van der Waals surface area contributed by atoms with Crippen molar-refractivity contribution in [2.45, 2.75) is 433 Å². The van der Waals surface area contributed by atoms with Gasteiger partial charge in [0.25, 0.3) is 0 Å². The highest BCUT2D eigenvalue weighted by atomic mass is 79.9. The molecule has 0 aromatic rings. The third-order valence-corrected chi connectivity index (χ3v) is 113. The maximum atomic E-state index is 8.62. The van der Waals surface area contributed by atoms with Crippen LogP contribution in [-0.2, 0) is 65.8 Å². The maximum absolute atomic E-state index is 8.62. The lowest BCUT2D eigenvalue weighted by atomic mass is 10.6. The number of halogens is 12. The number of hydrogen-bond acceptors (Lipinski definition) is 16. The van der Waals surface area contributed by atoms with Crippen LogP contribution in [0.15, 0.2) is 0 Å². The second-order valence-electron chi connectivity index (χ2n) is 45.9. The van der Waals surface area contributed by atoms with Crippen LogP contribution in [0.3, 0.4) is 0 Å². The lowest BCUT2D eigenvalue weighted by Gasteiger charge is -2.47. The summed E-state index contributed by atoms with van der Waals surface area (Å²) in [6.45, 7) is 77.3. The first-order valence-corrected chi connectivity index (χ1v) is 121. The minimum Gasteiger partial charge on any atom is -0.417 e. The Labute approximate surface area is 919 Å². The molecule has 776 valence electrons. The zero-order valence-corrected chi connectivity index (χ0v) is 128. The largest absolute Gasteiger partial charge is 0.636 e. The van der Waals surface area contributed by atoms with Gasteiger partial charge in [0.2, 0.25) is 0 Å². The Balaban J connectivity index is 10.4. The summed E-state index contributed by atoms with van der Waals surface area (Å²) in [5.74, 6) is 0. The summed E-state index contributed by atoms with van der Waals surface area (Å²) in [6, 6.07) is 18.2. The molecule has 16 nitrogen and oxygen atoms in total. The molecule has 0 aromatic heterocycles. The predicted octanol–water partition coefficient (Wildman–Crippen LogP) is 35.7. The van der Waals surface area contributed by atoms with Gasteiger partial charge in [0, 0.05) is 88.1 Å². The van der Waals surface area contributed by atoms with Crippen LogP contribution < -0.4 is 0 Å². The lowest BCUT2D eigenvalue weighted by Crippen LogP contribution is -2.67. The average Bonchev–Trinajstić information content (AvgIpc) is 0.766. The molecule has 0 aliphatic carbocycles.